The maximum atomic E-state index is 10.2. The molecular formula is C11H22O3. The molecule has 3 heteroatoms. The van der Waals surface area contributed by atoms with E-state index in [0.717, 1.165) is 32.5 Å². The third-order valence-electron chi connectivity index (χ3n) is 3.07. The molecule has 0 spiro atoms. The highest BCUT2D eigenvalue weighted by atomic mass is 16.7. The van der Waals surface area contributed by atoms with Gasteiger partial charge in [-0.3, -0.25) is 0 Å². The molecule has 1 N–H and O–H groups in total. The largest absolute Gasteiger partial charge is 0.390 e. The van der Waals surface area contributed by atoms with Gasteiger partial charge in [0, 0.05) is 6.42 Å². The van der Waals surface area contributed by atoms with Crippen molar-refractivity contribution in [1.82, 2.24) is 0 Å². The Balaban J connectivity index is 2.55. The normalized spacial score (nSPS) is 22.3. The van der Waals surface area contributed by atoms with Crippen molar-refractivity contribution in [3.8, 4) is 0 Å². The van der Waals surface area contributed by atoms with Gasteiger partial charge >= 0.3 is 0 Å². The van der Waals surface area contributed by atoms with Crippen molar-refractivity contribution in [2.24, 2.45) is 0 Å². The van der Waals surface area contributed by atoms with Gasteiger partial charge < -0.3 is 14.6 Å². The highest BCUT2D eigenvalue weighted by molar-refractivity contribution is 4.83. The molecule has 0 aromatic carbocycles. The van der Waals surface area contributed by atoms with Gasteiger partial charge in [0.25, 0.3) is 0 Å². The fraction of sp³-hybridized carbons (Fsp3) is 1.00. The van der Waals surface area contributed by atoms with Gasteiger partial charge in [0.15, 0.2) is 5.79 Å². The monoisotopic (exact) mass is 202 g/mol. The average molecular weight is 202 g/mol. The first-order valence-electron chi connectivity index (χ1n) is 5.54. The second kappa shape index (κ2) is 4.60. The van der Waals surface area contributed by atoms with Gasteiger partial charge in [0.1, 0.15) is 0 Å². The van der Waals surface area contributed by atoms with Crippen LogP contribution in [0.4, 0.5) is 0 Å². The van der Waals surface area contributed by atoms with Crippen molar-refractivity contribution < 1.29 is 14.6 Å². The van der Waals surface area contributed by atoms with E-state index < -0.39 is 11.4 Å². The zero-order valence-corrected chi connectivity index (χ0v) is 9.51. The minimum Gasteiger partial charge on any atom is -0.390 e. The van der Waals surface area contributed by atoms with Gasteiger partial charge in [0.2, 0.25) is 0 Å². The van der Waals surface area contributed by atoms with E-state index in [1.54, 1.807) is 0 Å². The van der Waals surface area contributed by atoms with Crippen LogP contribution < -0.4 is 0 Å². The Labute approximate surface area is 86.4 Å². The van der Waals surface area contributed by atoms with Gasteiger partial charge in [-0.2, -0.15) is 0 Å². The lowest BCUT2D eigenvalue weighted by molar-refractivity contribution is -0.277. The van der Waals surface area contributed by atoms with Gasteiger partial charge in [-0.15, -0.1) is 0 Å². The lowest BCUT2D eigenvalue weighted by Crippen LogP contribution is -2.45. The van der Waals surface area contributed by atoms with Crippen molar-refractivity contribution in [2.75, 3.05) is 13.2 Å². The molecule has 0 atom stereocenters. The van der Waals surface area contributed by atoms with E-state index in [1.807, 2.05) is 20.8 Å². The molecule has 1 aliphatic rings. The first kappa shape index (κ1) is 12.0. The first-order chi connectivity index (χ1) is 6.54. The van der Waals surface area contributed by atoms with Crippen molar-refractivity contribution in [3.05, 3.63) is 0 Å². The van der Waals surface area contributed by atoms with Crippen LogP contribution in [0.3, 0.4) is 0 Å². The molecule has 3 nitrogen and oxygen atoms in total. The molecule has 1 heterocycles. The molecule has 0 aromatic heterocycles. The summed E-state index contributed by atoms with van der Waals surface area (Å²) in [7, 11) is 0. The van der Waals surface area contributed by atoms with Crippen LogP contribution in [0.15, 0.2) is 0 Å². The molecule has 14 heavy (non-hydrogen) atoms. The molecule has 0 amide bonds. The fourth-order valence-electron chi connectivity index (χ4n) is 1.88. The molecule has 1 rings (SSSR count). The summed E-state index contributed by atoms with van der Waals surface area (Å²) in [6.45, 7) is 7.38. The average Bonchev–Trinajstić information content (AvgIpc) is 2.18. The molecule has 0 saturated carbocycles. The van der Waals surface area contributed by atoms with E-state index in [-0.39, 0.29) is 0 Å². The predicted molar refractivity (Wildman–Crippen MR) is 55.1 cm³/mol. The van der Waals surface area contributed by atoms with E-state index in [2.05, 4.69) is 0 Å². The summed E-state index contributed by atoms with van der Waals surface area (Å²) in [5, 5.41) is 10.2. The topological polar surface area (TPSA) is 38.7 Å². The maximum Gasteiger partial charge on any atom is 0.168 e. The molecule has 1 saturated heterocycles. The Kier molecular flexibility index (Phi) is 3.93. The van der Waals surface area contributed by atoms with E-state index in [0.29, 0.717) is 6.42 Å². The molecule has 0 aromatic rings. The SMILES string of the molecule is CCC(O)(CC)CC1(C)OCCCO1. The molecule has 0 aliphatic carbocycles. The number of rotatable bonds is 4. The molecule has 0 radical (unpaired) electrons. The summed E-state index contributed by atoms with van der Waals surface area (Å²) in [5.41, 5.74) is -0.647. The van der Waals surface area contributed by atoms with Crippen molar-refractivity contribution in [2.45, 2.75) is 57.8 Å². The van der Waals surface area contributed by atoms with Crippen molar-refractivity contribution in [1.29, 1.82) is 0 Å². The lowest BCUT2D eigenvalue weighted by Gasteiger charge is -2.39. The van der Waals surface area contributed by atoms with E-state index in [4.69, 9.17) is 9.47 Å². The molecule has 1 aliphatic heterocycles. The van der Waals surface area contributed by atoms with Crippen LogP contribution in [0.25, 0.3) is 0 Å². The summed E-state index contributed by atoms with van der Waals surface area (Å²) >= 11 is 0. The maximum absolute atomic E-state index is 10.2. The number of aliphatic hydroxyl groups is 1. The minimum absolute atomic E-state index is 0.562. The van der Waals surface area contributed by atoms with Gasteiger partial charge in [-0.05, 0) is 26.2 Å². The Bertz CT molecular complexity index is 169. The smallest absolute Gasteiger partial charge is 0.168 e. The van der Waals surface area contributed by atoms with Crippen molar-refractivity contribution in [3.63, 3.8) is 0 Å². The highest BCUT2D eigenvalue weighted by Crippen LogP contribution is 2.31. The summed E-state index contributed by atoms with van der Waals surface area (Å²) in [6, 6.07) is 0. The predicted octanol–water partition coefficient (Wildman–Crippen LogP) is 2.08. The van der Waals surface area contributed by atoms with E-state index >= 15 is 0 Å². The quantitative estimate of drug-likeness (QED) is 0.758. The van der Waals surface area contributed by atoms with E-state index in [1.165, 1.54) is 0 Å². The van der Waals surface area contributed by atoms with Gasteiger partial charge in [0.05, 0.1) is 18.8 Å². The Morgan fingerprint density at radius 2 is 1.71 bits per heavy atom. The number of ether oxygens (including phenoxy) is 2. The van der Waals surface area contributed by atoms with Crippen LogP contribution in [0, 0.1) is 0 Å². The summed E-state index contributed by atoms with van der Waals surface area (Å²) in [6.07, 6.45) is 3.00. The Morgan fingerprint density at radius 1 is 1.21 bits per heavy atom. The molecule has 0 bridgehead atoms. The van der Waals surface area contributed by atoms with Crippen LogP contribution in [-0.4, -0.2) is 29.7 Å². The number of hydrogen-bond donors (Lipinski definition) is 1. The molecular weight excluding hydrogens is 180 g/mol. The Morgan fingerprint density at radius 3 is 2.14 bits per heavy atom. The lowest BCUT2D eigenvalue weighted by atomic mass is 9.89. The standard InChI is InChI=1S/C11H22O3/c1-4-11(12,5-2)9-10(3)13-7-6-8-14-10/h12H,4-9H2,1-3H3. The summed E-state index contributed by atoms with van der Waals surface area (Å²) in [5.74, 6) is -0.584. The molecule has 84 valence electrons. The zero-order chi connectivity index (χ0) is 10.7. The van der Waals surface area contributed by atoms with Crippen LogP contribution in [0.2, 0.25) is 0 Å². The van der Waals surface area contributed by atoms with E-state index in [9.17, 15) is 5.11 Å². The minimum atomic E-state index is -0.647. The molecule has 1 fully saturated rings. The van der Waals surface area contributed by atoms with Crippen molar-refractivity contribution >= 4 is 0 Å². The summed E-state index contributed by atoms with van der Waals surface area (Å²) < 4.78 is 11.2. The van der Waals surface area contributed by atoms with Crippen LogP contribution in [0.5, 0.6) is 0 Å². The molecule has 0 unspecified atom stereocenters. The Hall–Kier alpha value is -0.120. The summed E-state index contributed by atoms with van der Waals surface area (Å²) in [4.78, 5) is 0. The van der Waals surface area contributed by atoms with Crippen LogP contribution in [-0.2, 0) is 9.47 Å². The number of hydrogen-bond acceptors (Lipinski definition) is 3. The third kappa shape index (κ3) is 2.94. The highest BCUT2D eigenvalue weighted by Gasteiger charge is 2.37. The zero-order valence-electron chi connectivity index (χ0n) is 9.51. The second-order valence-electron chi connectivity index (χ2n) is 4.29. The van der Waals surface area contributed by atoms with Gasteiger partial charge in [-0.25, -0.2) is 0 Å². The van der Waals surface area contributed by atoms with Crippen LogP contribution >= 0.6 is 0 Å². The second-order valence-corrected chi connectivity index (χ2v) is 4.29. The third-order valence-corrected chi connectivity index (χ3v) is 3.07. The first-order valence-corrected chi connectivity index (χ1v) is 5.54. The van der Waals surface area contributed by atoms with Gasteiger partial charge in [-0.1, -0.05) is 13.8 Å². The van der Waals surface area contributed by atoms with Crippen LogP contribution in [0.1, 0.15) is 46.5 Å². The fourth-order valence-corrected chi connectivity index (χ4v) is 1.88.